The van der Waals surface area contributed by atoms with Crippen molar-refractivity contribution in [2.45, 2.75) is 0 Å². The van der Waals surface area contributed by atoms with Crippen LogP contribution in [0, 0.1) is 0 Å². The monoisotopic (exact) mass is 352 g/mol. The third kappa shape index (κ3) is 5.10. The van der Waals surface area contributed by atoms with Crippen LogP contribution in [0.1, 0.15) is 10.5 Å². The first-order valence-corrected chi connectivity index (χ1v) is 7.83. The minimum Gasteiger partial charge on any atom is -0.352 e. The van der Waals surface area contributed by atoms with Gasteiger partial charge in [-0.2, -0.15) is 0 Å². The van der Waals surface area contributed by atoms with Crippen LogP contribution < -0.4 is 10.6 Å². The molecule has 7 heteroatoms. The Morgan fingerprint density at radius 1 is 1.17 bits per heavy atom. The number of benzene rings is 1. The molecule has 2 rings (SSSR count). The predicted molar refractivity (Wildman–Crippen MR) is 94.9 cm³/mol. The Balaban J connectivity index is 2.01. The van der Waals surface area contributed by atoms with Gasteiger partial charge in [0, 0.05) is 13.1 Å². The van der Waals surface area contributed by atoms with Crippen LogP contribution in [0.15, 0.2) is 36.5 Å². The number of hydrogen-bond donors (Lipinski definition) is 2. The molecule has 0 aliphatic heterocycles. The Bertz CT molecular complexity index is 654. The molecule has 0 atom stereocenters. The molecule has 23 heavy (non-hydrogen) atoms. The number of amides is 1. The molecule has 0 saturated heterocycles. The van der Waals surface area contributed by atoms with E-state index in [-0.39, 0.29) is 5.91 Å². The van der Waals surface area contributed by atoms with E-state index in [1.165, 1.54) is 0 Å². The molecule has 0 radical (unpaired) electrons. The van der Waals surface area contributed by atoms with Gasteiger partial charge < -0.3 is 15.5 Å². The summed E-state index contributed by atoms with van der Waals surface area (Å²) < 4.78 is 0. The maximum Gasteiger partial charge on any atom is 0.269 e. The van der Waals surface area contributed by atoms with Gasteiger partial charge in [0.2, 0.25) is 0 Å². The quantitative estimate of drug-likeness (QED) is 0.836. The van der Waals surface area contributed by atoms with Crippen LogP contribution in [-0.4, -0.2) is 43.0 Å². The van der Waals surface area contributed by atoms with Crippen LogP contribution in [0.2, 0.25) is 10.0 Å². The largest absolute Gasteiger partial charge is 0.352 e. The van der Waals surface area contributed by atoms with Gasteiger partial charge in [-0.15, -0.1) is 0 Å². The summed E-state index contributed by atoms with van der Waals surface area (Å²) in [6.45, 7) is 1.35. The zero-order valence-corrected chi connectivity index (χ0v) is 14.4. The molecule has 2 N–H and O–H groups in total. The molecular weight excluding hydrogens is 335 g/mol. The molecule has 0 aliphatic rings. The molecule has 0 unspecified atom stereocenters. The molecule has 0 fully saturated rings. The van der Waals surface area contributed by atoms with Gasteiger partial charge >= 0.3 is 0 Å². The number of halogens is 2. The third-order valence-corrected chi connectivity index (χ3v) is 3.70. The summed E-state index contributed by atoms with van der Waals surface area (Å²) in [5.74, 6) is -0.200. The van der Waals surface area contributed by atoms with E-state index in [1.54, 1.807) is 36.5 Å². The summed E-state index contributed by atoms with van der Waals surface area (Å²) in [6.07, 6.45) is 1.57. The molecule has 0 aliphatic carbocycles. The zero-order chi connectivity index (χ0) is 16.8. The molecule has 0 bridgehead atoms. The van der Waals surface area contributed by atoms with E-state index < -0.39 is 0 Å². The van der Waals surface area contributed by atoms with Gasteiger partial charge in [0.15, 0.2) is 0 Å². The SMILES string of the molecule is CN(C)CCNC(=O)c1ccc(Nc2c(Cl)cccc2Cl)cn1. The van der Waals surface area contributed by atoms with E-state index in [2.05, 4.69) is 15.6 Å². The molecular formula is C16H18Cl2N4O. The molecule has 1 aromatic carbocycles. The summed E-state index contributed by atoms with van der Waals surface area (Å²) in [6, 6.07) is 8.67. The molecule has 0 saturated carbocycles. The average Bonchev–Trinajstić information content (AvgIpc) is 2.51. The maximum atomic E-state index is 11.9. The number of carbonyl (C=O) groups excluding carboxylic acids is 1. The van der Waals surface area contributed by atoms with Gasteiger partial charge in [-0.3, -0.25) is 4.79 Å². The summed E-state index contributed by atoms with van der Waals surface area (Å²) in [4.78, 5) is 18.1. The van der Waals surface area contributed by atoms with Crippen LogP contribution in [0.4, 0.5) is 11.4 Å². The Hall–Kier alpha value is -1.82. The normalized spacial score (nSPS) is 10.7. The standard InChI is InChI=1S/C16H18Cl2N4O/c1-22(2)9-8-19-16(23)14-7-6-11(10-20-14)21-15-12(17)4-3-5-13(15)18/h3-7,10,21H,8-9H2,1-2H3,(H,19,23). The second-order valence-corrected chi connectivity index (χ2v) is 6.03. The number of rotatable bonds is 6. The first-order chi connectivity index (χ1) is 11.0. The summed E-state index contributed by atoms with van der Waals surface area (Å²) in [7, 11) is 3.90. The fourth-order valence-electron chi connectivity index (χ4n) is 1.85. The Morgan fingerprint density at radius 3 is 2.43 bits per heavy atom. The fourth-order valence-corrected chi connectivity index (χ4v) is 2.34. The van der Waals surface area contributed by atoms with Crippen LogP contribution >= 0.6 is 23.2 Å². The Kier molecular flexibility index (Phi) is 6.21. The molecule has 0 spiro atoms. The minimum atomic E-state index is -0.200. The predicted octanol–water partition coefficient (Wildman–Crippen LogP) is 3.42. The minimum absolute atomic E-state index is 0.200. The highest BCUT2D eigenvalue weighted by molar-refractivity contribution is 6.39. The fraction of sp³-hybridized carbons (Fsp3) is 0.250. The van der Waals surface area contributed by atoms with Gasteiger partial charge in [-0.1, -0.05) is 29.3 Å². The third-order valence-electron chi connectivity index (χ3n) is 3.07. The van der Waals surface area contributed by atoms with Crippen molar-refractivity contribution in [3.63, 3.8) is 0 Å². The van der Waals surface area contributed by atoms with E-state index in [9.17, 15) is 4.79 Å². The maximum absolute atomic E-state index is 11.9. The van der Waals surface area contributed by atoms with Crippen molar-refractivity contribution in [2.24, 2.45) is 0 Å². The lowest BCUT2D eigenvalue weighted by molar-refractivity contribution is 0.0946. The van der Waals surface area contributed by atoms with E-state index >= 15 is 0 Å². The van der Waals surface area contributed by atoms with Crippen LogP contribution in [0.5, 0.6) is 0 Å². The molecule has 1 aromatic heterocycles. The number of aromatic nitrogens is 1. The lowest BCUT2D eigenvalue weighted by Crippen LogP contribution is -2.31. The summed E-state index contributed by atoms with van der Waals surface area (Å²) >= 11 is 12.2. The van der Waals surface area contributed by atoms with E-state index in [4.69, 9.17) is 23.2 Å². The van der Waals surface area contributed by atoms with E-state index in [1.807, 2.05) is 19.0 Å². The Labute approximate surface area is 145 Å². The molecule has 5 nitrogen and oxygen atoms in total. The number of carbonyl (C=O) groups is 1. The first-order valence-electron chi connectivity index (χ1n) is 7.07. The number of likely N-dealkylation sites (N-methyl/N-ethyl adjacent to an activating group) is 1. The van der Waals surface area contributed by atoms with Crippen molar-refractivity contribution in [2.75, 3.05) is 32.5 Å². The number of nitrogens with zero attached hydrogens (tertiary/aromatic N) is 2. The average molecular weight is 353 g/mol. The highest BCUT2D eigenvalue weighted by Crippen LogP contribution is 2.32. The van der Waals surface area contributed by atoms with Gasteiger partial charge in [0.05, 0.1) is 27.6 Å². The first kappa shape index (κ1) is 17.5. The number of nitrogens with one attached hydrogen (secondary N) is 2. The van der Waals surface area contributed by atoms with Crippen molar-refractivity contribution in [1.29, 1.82) is 0 Å². The van der Waals surface area contributed by atoms with Gasteiger partial charge in [0.25, 0.3) is 5.91 Å². The highest BCUT2D eigenvalue weighted by atomic mass is 35.5. The van der Waals surface area contributed by atoms with E-state index in [0.29, 0.717) is 33.7 Å². The number of para-hydroxylation sites is 1. The van der Waals surface area contributed by atoms with Gasteiger partial charge in [0.1, 0.15) is 5.69 Å². The smallest absolute Gasteiger partial charge is 0.269 e. The van der Waals surface area contributed by atoms with Crippen molar-refractivity contribution in [3.8, 4) is 0 Å². The second kappa shape index (κ2) is 8.15. The summed E-state index contributed by atoms with van der Waals surface area (Å²) in [5, 5.41) is 6.95. The van der Waals surface area contributed by atoms with Crippen LogP contribution in [-0.2, 0) is 0 Å². The number of anilines is 2. The van der Waals surface area contributed by atoms with Crippen molar-refractivity contribution in [3.05, 3.63) is 52.3 Å². The van der Waals surface area contributed by atoms with Crippen molar-refractivity contribution >= 4 is 40.5 Å². The Morgan fingerprint density at radius 2 is 1.87 bits per heavy atom. The molecule has 1 heterocycles. The van der Waals surface area contributed by atoms with E-state index in [0.717, 1.165) is 6.54 Å². The topological polar surface area (TPSA) is 57.3 Å². The molecule has 122 valence electrons. The van der Waals surface area contributed by atoms with Gasteiger partial charge in [-0.25, -0.2) is 4.98 Å². The number of hydrogen-bond acceptors (Lipinski definition) is 4. The lowest BCUT2D eigenvalue weighted by Gasteiger charge is -2.11. The molecule has 2 aromatic rings. The van der Waals surface area contributed by atoms with Crippen molar-refractivity contribution in [1.82, 2.24) is 15.2 Å². The highest BCUT2D eigenvalue weighted by Gasteiger charge is 2.09. The van der Waals surface area contributed by atoms with Crippen LogP contribution in [0.3, 0.4) is 0 Å². The van der Waals surface area contributed by atoms with Gasteiger partial charge in [-0.05, 0) is 38.4 Å². The zero-order valence-electron chi connectivity index (χ0n) is 12.9. The summed E-state index contributed by atoms with van der Waals surface area (Å²) in [5.41, 5.74) is 1.67. The second-order valence-electron chi connectivity index (χ2n) is 5.21. The lowest BCUT2D eigenvalue weighted by atomic mass is 10.2. The van der Waals surface area contributed by atoms with Crippen LogP contribution in [0.25, 0.3) is 0 Å². The van der Waals surface area contributed by atoms with Crippen molar-refractivity contribution < 1.29 is 4.79 Å². The molecule has 1 amide bonds. The number of pyridine rings is 1.